The van der Waals surface area contributed by atoms with Gasteiger partial charge in [-0.2, -0.15) is 0 Å². The summed E-state index contributed by atoms with van der Waals surface area (Å²) in [4.78, 5) is 26.7. The summed E-state index contributed by atoms with van der Waals surface area (Å²) in [5, 5.41) is 3.42. The Kier molecular flexibility index (Phi) is 8.32. The minimum atomic E-state index is -0.601. The molecular weight excluding hydrogens is 396 g/mol. The molecule has 31 heavy (non-hydrogen) atoms. The van der Waals surface area contributed by atoms with Crippen molar-refractivity contribution in [2.24, 2.45) is 5.92 Å². The summed E-state index contributed by atoms with van der Waals surface area (Å²) in [6, 6.07) is 7.35. The van der Waals surface area contributed by atoms with Crippen LogP contribution < -0.4 is 10.2 Å². The highest BCUT2D eigenvalue weighted by Crippen LogP contribution is 2.38. The number of benzene rings is 1. The number of hydrogen-bond donors (Lipinski definition) is 1. The summed E-state index contributed by atoms with van der Waals surface area (Å²) >= 11 is 0. The number of hydrogen-bond acceptors (Lipinski definition) is 7. The van der Waals surface area contributed by atoms with E-state index in [1.54, 1.807) is 12.1 Å². The van der Waals surface area contributed by atoms with Gasteiger partial charge in [-0.15, -0.1) is 0 Å². The molecule has 1 aromatic rings. The van der Waals surface area contributed by atoms with Gasteiger partial charge in [0.1, 0.15) is 5.54 Å². The summed E-state index contributed by atoms with van der Waals surface area (Å²) in [5.41, 5.74) is 1.06. The lowest BCUT2D eigenvalue weighted by atomic mass is 9.89. The van der Waals surface area contributed by atoms with Gasteiger partial charge in [-0.05, 0) is 30.7 Å². The lowest BCUT2D eigenvalue weighted by molar-refractivity contribution is -0.263. The number of piperazine rings is 1. The van der Waals surface area contributed by atoms with Gasteiger partial charge in [0.2, 0.25) is 6.29 Å². The number of unbranched alkanes of at least 4 members (excludes halogenated alkanes) is 4. The van der Waals surface area contributed by atoms with Crippen LogP contribution in [-0.2, 0) is 19.0 Å². The quantitative estimate of drug-likeness (QED) is 0.448. The second kappa shape index (κ2) is 11.0. The second-order valence-electron chi connectivity index (χ2n) is 8.65. The van der Waals surface area contributed by atoms with Crippen molar-refractivity contribution in [2.45, 2.75) is 64.2 Å². The van der Waals surface area contributed by atoms with Crippen molar-refractivity contribution in [1.29, 1.82) is 0 Å². The number of nitrogens with one attached hydrogen (secondary N) is 1. The largest absolute Gasteiger partial charge is 0.465 e. The fraction of sp³-hybridized carbons (Fsp3) is 0.667. The van der Waals surface area contributed by atoms with Crippen LogP contribution in [-0.4, -0.2) is 57.1 Å². The average molecular weight is 433 g/mol. The highest BCUT2D eigenvalue weighted by Gasteiger charge is 2.56. The first kappa shape index (κ1) is 23.5. The second-order valence-corrected chi connectivity index (χ2v) is 8.65. The third-order valence-corrected chi connectivity index (χ3v) is 6.37. The molecular formula is C24H36N2O5. The molecule has 172 valence electrons. The number of ether oxygens (including phenoxy) is 3. The standard InChI is InChI=1S/C24H36N2O5/c1-4-5-6-7-8-9-18(2)21(27)31-23-24(17-30-23)16-25-14-15-26(24)20-12-10-19(11-13-20)22(28)29-3/h10-13,18,23,25H,4-9,14-17H2,1-3H3. The van der Waals surface area contributed by atoms with E-state index in [2.05, 4.69) is 17.1 Å². The molecule has 1 aromatic carbocycles. The Balaban J connectivity index is 1.61. The molecule has 2 aliphatic rings. The highest BCUT2D eigenvalue weighted by atomic mass is 16.7. The van der Waals surface area contributed by atoms with Crippen LogP contribution in [0, 0.1) is 5.92 Å². The third kappa shape index (κ3) is 5.39. The first-order chi connectivity index (χ1) is 15.0. The van der Waals surface area contributed by atoms with E-state index in [1.807, 2.05) is 19.1 Å². The highest BCUT2D eigenvalue weighted by molar-refractivity contribution is 5.89. The van der Waals surface area contributed by atoms with E-state index in [1.165, 1.54) is 26.4 Å². The average Bonchev–Trinajstić information content (AvgIpc) is 2.80. The zero-order valence-corrected chi connectivity index (χ0v) is 19.0. The molecule has 2 saturated heterocycles. The number of carbonyl (C=O) groups is 2. The normalized spacial score (nSPS) is 23.8. The van der Waals surface area contributed by atoms with Crippen molar-refractivity contribution in [1.82, 2.24) is 5.32 Å². The van der Waals surface area contributed by atoms with E-state index < -0.39 is 11.8 Å². The van der Waals surface area contributed by atoms with Crippen LogP contribution in [0.5, 0.6) is 0 Å². The van der Waals surface area contributed by atoms with Crippen LogP contribution in [0.25, 0.3) is 0 Å². The van der Waals surface area contributed by atoms with E-state index in [0.29, 0.717) is 18.7 Å². The third-order valence-electron chi connectivity index (χ3n) is 6.37. The lowest BCUT2D eigenvalue weighted by Crippen LogP contribution is -2.76. The number of carbonyl (C=O) groups excluding carboxylic acids is 2. The van der Waals surface area contributed by atoms with Crippen LogP contribution in [0.15, 0.2) is 24.3 Å². The predicted molar refractivity (Wildman–Crippen MR) is 119 cm³/mol. The Morgan fingerprint density at radius 1 is 1.23 bits per heavy atom. The summed E-state index contributed by atoms with van der Waals surface area (Å²) in [5.74, 6) is -0.678. The van der Waals surface area contributed by atoms with Gasteiger partial charge < -0.3 is 24.4 Å². The van der Waals surface area contributed by atoms with E-state index in [4.69, 9.17) is 14.2 Å². The van der Waals surface area contributed by atoms with Gasteiger partial charge in [0.15, 0.2) is 0 Å². The number of rotatable bonds is 10. The fourth-order valence-corrected chi connectivity index (χ4v) is 4.32. The smallest absolute Gasteiger partial charge is 0.337 e. The first-order valence-electron chi connectivity index (χ1n) is 11.5. The Morgan fingerprint density at radius 2 is 1.97 bits per heavy atom. The Labute approximate surface area is 185 Å². The Hall–Kier alpha value is -2.12. The monoisotopic (exact) mass is 432 g/mol. The summed E-state index contributed by atoms with van der Waals surface area (Å²) in [6.07, 6.45) is 6.15. The van der Waals surface area contributed by atoms with Gasteiger partial charge >= 0.3 is 11.9 Å². The van der Waals surface area contributed by atoms with Crippen LogP contribution in [0.1, 0.15) is 62.7 Å². The van der Waals surface area contributed by atoms with Crippen LogP contribution in [0.2, 0.25) is 0 Å². The Bertz CT molecular complexity index is 738. The van der Waals surface area contributed by atoms with Crippen LogP contribution in [0.4, 0.5) is 5.69 Å². The maximum Gasteiger partial charge on any atom is 0.337 e. The maximum absolute atomic E-state index is 12.7. The molecule has 0 radical (unpaired) electrons. The van der Waals surface area contributed by atoms with Gasteiger partial charge in [-0.25, -0.2) is 4.79 Å². The van der Waals surface area contributed by atoms with E-state index in [-0.39, 0.29) is 17.9 Å². The molecule has 0 aromatic heterocycles. The summed E-state index contributed by atoms with van der Waals surface area (Å²) in [6.45, 7) is 6.90. The molecule has 0 saturated carbocycles. The van der Waals surface area contributed by atoms with Crippen molar-refractivity contribution in [3.05, 3.63) is 29.8 Å². The first-order valence-corrected chi connectivity index (χ1v) is 11.5. The van der Waals surface area contributed by atoms with E-state index in [0.717, 1.165) is 38.0 Å². The number of anilines is 1. The van der Waals surface area contributed by atoms with Crippen LogP contribution in [0.3, 0.4) is 0 Å². The fourth-order valence-electron chi connectivity index (χ4n) is 4.32. The molecule has 1 N–H and O–H groups in total. The zero-order valence-electron chi connectivity index (χ0n) is 19.0. The minimum absolute atomic E-state index is 0.132. The van der Waals surface area contributed by atoms with Gasteiger partial charge in [0.25, 0.3) is 0 Å². The van der Waals surface area contributed by atoms with E-state index >= 15 is 0 Å². The van der Waals surface area contributed by atoms with Crippen molar-refractivity contribution < 1.29 is 23.8 Å². The van der Waals surface area contributed by atoms with Gasteiger partial charge in [0, 0.05) is 25.3 Å². The molecule has 1 spiro atoms. The zero-order chi connectivity index (χ0) is 22.3. The summed E-state index contributed by atoms with van der Waals surface area (Å²) < 4.78 is 16.4. The molecule has 0 aliphatic carbocycles. The molecule has 0 amide bonds. The van der Waals surface area contributed by atoms with Crippen LogP contribution >= 0.6 is 0 Å². The number of esters is 2. The maximum atomic E-state index is 12.7. The molecule has 7 heteroatoms. The van der Waals surface area contributed by atoms with Gasteiger partial charge in [-0.3, -0.25) is 4.79 Å². The molecule has 3 rings (SSSR count). The van der Waals surface area contributed by atoms with Gasteiger partial charge in [0.05, 0.1) is 25.2 Å². The Morgan fingerprint density at radius 3 is 2.61 bits per heavy atom. The SMILES string of the molecule is CCCCCCCC(C)C(=O)OC1OCC12CNCCN2c1ccc(C(=O)OC)cc1. The predicted octanol–water partition coefficient (Wildman–Crippen LogP) is 3.52. The van der Waals surface area contributed by atoms with Crippen molar-refractivity contribution in [3.63, 3.8) is 0 Å². The molecule has 3 atom stereocenters. The number of nitrogens with zero attached hydrogens (tertiary/aromatic N) is 1. The van der Waals surface area contributed by atoms with Gasteiger partial charge in [-0.1, -0.05) is 46.0 Å². The van der Waals surface area contributed by atoms with Crippen molar-refractivity contribution in [3.8, 4) is 0 Å². The molecule has 3 unspecified atom stereocenters. The topological polar surface area (TPSA) is 77.1 Å². The molecule has 2 aliphatic heterocycles. The lowest BCUT2D eigenvalue weighted by Gasteiger charge is -2.57. The van der Waals surface area contributed by atoms with E-state index in [9.17, 15) is 9.59 Å². The number of methoxy groups -OCH3 is 1. The van der Waals surface area contributed by atoms with Crippen molar-refractivity contribution >= 4 is 17.6 Å². The molecule has 2 fully saturated rings. The van der Waals surface area contributed by atoms with Crippen molar-refractivity contribution in [2.75, 3.05) is 38.3 Å². The molecule has 2 heterocycles. The summed E-state index contributed by atoms with van der Waals surface area (Å²) in [7, 11) is 1.37. The molecule has 7 nitrogen and oxygen atoms in total. The molecule has 0 bridgehead atoms. The minimum Gasteiger partial charge on any atom is -0.465 e.